The molecular formula is C21H28BrN3O3S. The third kappa shape index (κ3) is 7.21. The molecule has 0 saturated carbocycles. The Labute approximate surface area is 186 Å². The molecule has 6 nitrogen and oxygen atoms in total. The van der Waals surface area contributed by atoms with Crippen LogP contribution in [0.25, 0.3) is 11.3 Å². The Bertz CT molecular complexity index is 811. The predicted octanol–water partition coefficient (Wildman–Crippen LogP) is 5.17. The van der Waals surface area contributed by atoms with Gasteiger partial charge in [-0.2, -0.15) is 5.10 Å². The second-order valence-electron chi connectivity index (χ2n) is 7.49. The first-order valence-electron chi connectivity index (χ1n) is 9.59. The number of nitrogens with one attached hydrogen (secondary N) is 1. The molecule has 0 aliphatic carbocycles. The lowest BCUT2D eigenvalue weighted by Crippen LogP contribution is -2.17. The first kappa shape index (κ1) is 23.5. The Kier molecular flexibility index (Phi) is 9.26. The third-order valence-corrected chi connectivity index (χ3v) is 5.12. The summed E-state index contributed by atoms with van der Waals surface area (Å²) < 4.78 is 11.0. The Morgan fingerprint density at radius 1 is 1.38 bits per heavy atom. The highest BCUT2D eigenvalue weighted by atomic mass is 79.9. The van der Waals surface area contributed by atoms with E-state index in [1.165, 1.54) is 11.3 Å². The molecule has 8 heteroatoms. The third-order valence-electron chi connectivity index (χ3n) is 4.38. The van der Waals surface area contributed by atoms with Crippen LogP contribution in [0.15, 0.2) is 40.8 Å². The summed E-state index contributed by atoms with van der Waals surface area (Å²) in [6.07, 6.45) is 1.10. The number of anilines is 1. The largest absolute Gasteiger partial charge is 0.460 e. The Morgan fingerprint density at radius 2 is 2.14 bits per heavy atom. The van der Waals surface area contributed by atoms with Crippen molar-refractivity contribution in [2.75, 3.05) is 18.6 Å². The molecule has 29 heavy (non-hydrogen) atoms. The SMILES string of the molecule is Br.CC(CC1CC(COCC(C)C)OC1=O)=NNc1nc(-c2ccccc2)cs1. The minimum Gasteiger partial charge on any atom is -0.460 e. The van der Waals surface area contributed by atoms with Gasteiger partial charge in [0.2, 0.25) is 5.13 Å². The average Bonchev–Trinajstić information content (AvgIpc) is 3.28. The number of halogens is 1. The van der Waals surface area contributed by atoms with Crippen molar-refractivity contribution >= 4 is 45.1 Å². The van der Waals surface area contributed by atoms with Gasteiger partial charge in [0.25, 0.3) is 0 Å². The number of cyclic esters (lactones) is 1. The summed E-state index contributed by atoms with van der Waals surface area (Å²) in [5.74, 6) is 0.157. The number of hydrogen-bond acceptors (Lipinski definition) is 7. The van der Waals surface area contributed by atoms with E-state index in [1.807, 2.05) is 42.6 Å². The molecular weight excluding hydrogens is 454 g/mol. The van der Waals surface area contributed by atoms with Crippen LogP contribution in [0.3, 0.4) is 0 Å². The van der Waals surface area contributed by atoms with E-state index in [0.29, 0.717) is 32.0 Å². The summed E-state index contributed by atoms with van der Waals surface area (Å²) in [5.41, 5.74) is 5.85. The summed E-state index contributed by atoms with van der Waals surface area (Å²) in [4.78, 5) is 16.6. The smallest absolute Gasteiger partial charge is 0.309 e. The molecule has 1 aromatic carbocycles. The topological polar surface area (TPSA) is 72.8 Å². The van der Waals surface area contributed by atoms with Crippen molar-refractivity contribution in [1.82, 2.24) is 4.98 Å². The Morgan fingerprint density at radius 3 is 2.86 bits per heavy atom. The minimum absolute atomic E-state index is 0. The van der Waals surface area contributed by atoms with Crippen LogP contribution in [-0.2, 0) is 14.3 Å². The molecule has 2 aromatic rings. The second kappa shape index (κ2) is 11.4. The van der Waals surface area contributed by atoms with Gasteiger partial charge in [-0.25, -0.2) is 4.98 Å². The van der Waals surface area contributed by atoms with E-state index in [2.05, 4.69) is 29.4 Å². The van der Waals surface area contributed by atoms with Gasteiger partial charge in [-0.15, -0.1) is 28.3 Å². The summed E-state index contributed by atoms with van der Waals surface area (Å²) in [6, 6.07) is 10.0. The number of hydrogen-bond donors (Lipinski definition) is 1. The van der Waals surface area contributed by atoms with E-state index in [9.17, 15) is 4.79 Å². The number of carbonyl (C=O) groups is 1. The molecule has 2 atom stereocenters. The zero-order valence-electron chi connectivity index (χ0n) is 17.0. The fourth-order valence-corrected chi connectivity index (χ4v) is 3.70. The molecule has 1 N–H and O–H groups in total. The van der Waals surface area contributed by atoms with Gasteiger partial charge in [0, 0.05) is 36.1 Å². The lowest BCUT2D eigenvalue weighted by Gasteiger charge is -2.11. The maximum Gasteiger partial charge on any atom is 0.309 e. The van der Waals surface area contributed by atoms with Crippen LogP contribution in [0.2, 0.25) is 0 Å². The zero-order valence-corrected chi connectivity index (χ0v) is 19.5. The summed E-state index contributed by atoms with van der Waals surface area (Å²) >= 11 is 1.50. The summed E-state index contributed by atoms with van der Waals surface area (Å²) in [7, 11) is 0. The summed E-state index contributed by atoms with van der Waals surface area (Å²) in [5, 5.41) is 7.11. The highest BCUT2D eigenvalue weighted by molar-refractivity contribution is 8.93. The molecule has 0 spiro atoms. The number of nitrogens with zero attached hydrogens (tertiary/aromatic N) is 2. The number of hydrazone groups is 1. The fraction of sp³-hybridized carbons (Fsp3) is 0.476. The maximum atomic E-state index is 12.1. The number of benzene rings is 1. The molecule has 3 rings (SSSR count). The van der Waals surface area contributed by atoms with Crippen molar-refractivity contribution in [3.05, 3.63) is 35.7 Å². The van der Waals surface area contributed by atoms with E-state index in [-0.39, 0.29) is 35.0 Å². The van der Waals surface area contributed by atoms with Crippen LogP contribution in [0, 0.1) is 11.8 Å². The molecule has 0 amide bonds. The van der Waals surface area contributed by atoms with Crippen molar-refractivity contribution in [3.63, 3.8) is 0 Å². The molecule has 2 unspecified atom stereocenters. The van der Waals surface area contributed by atoms with Crippen LogP contribution in [0.1, 0.15) is 33.6 Å². The van der Waals surface area contributed by atoms with Gasteiger partial charge < -0.3 is 9.47 Å². The van der Waals surface area contributed by atoms with Gasteiger partial charge in [-0.1, -0.05) is 44.2 Å². The molecule has 1 aliphatic heterocycles. The van der Waals surface area contributed by atoms with E-state index in [1.54, 1.807) is 0 Å². The highest BCUT2D eigenvalue weighted by Crippen LogP contribution is 2.26. The van der Waals surface area contributed by atoms with Crippen molar-refractivity contribution < 1.29 is 14.3 Å². The molecule has 0 bridgehead atoms. The van der Waals surface area contributed by atoms with Gasteiger partial charge in [0.15, 0.2) is 0 Å². The molecule has 2 heterocycles. The van der Waals surface area contributed by atoms with Crippen molar-refractivity contribution in [3.8, 4) is 11.3 Å². The van der Waals surface area contributed by atoms with Gasteiger partial charge in [0.05, 0.1) is 18.2 Å². The van der Waals surface area contributed by atoms with Gasteiger partial charge >= 0.3 is 5.97 Å². The monoisotopic (exact) mass is 481 g/mol. The van der Waals surface area contributed by atoms with E-state index < -0.39 is 0 Å². The number of carbonyl (C=O) groups excluding carboxylic acids is 1. The number of aromatic nitrogens is 1. The first-order valence-corrected chi connectivity index (χ1v) is 10.5. The van der Waals surface area contributed by atoms with Crippen molar-refractivity contribution in [2.45, 2.75) is 39.7 Å². The van der Waals surface area contributed by atoms with Crippen LogP contribution in [-0.4, -0.2) is 36.0 Å². The highest BCUT2D eigenvalue weighted by Gasteiger charge is 2.34. The van der Waals surface area contributed by atoms with E-state index in [4.69, 9.17) is 9.47 Å². The van der Waals surface area contributed by atoms with Crippen LogP contribution in [0.4, 0.5) is 5.13 Å². The first-order chi connectivity index (χ1) is 13.5. The lowest BCUT2D eigenvalue weighted by molar-refractivity contribution is -0.146. The fourth-order valence-electron chi connectivity index (χ4n) is 3.04. The van der Waals surface area contributed by atoms with Gasteiger partial charge in [0.1, 0.15) is 6.10 Å². The number of thiazole rings is 1. The average molecular weight is 482 g/mol. The van der Waals surface area contributed by atoms with Crippen LogP contribution < -0.4 is 5.43 Å². The Balaban J connectivity index is 0.00000300. The van der Waals surface area contributed by atoms with E-state index >= 15 is 0 Å². The van der Waals surface area contributed by atoms with Crippen LogP contribution >= 0.6 is 28.3 Å². The van der Waals surface area contributed by atoms with Gasteiger partial charge in [-0.05, 0) is 12.8 Å². The molecule has 1 saturated heterocycles. The number of rotatable bonds is 9. The minimum atomic E-state index is -0.159. The van der Waals surface area contributed by atoms with Crippen LogP contribution in [0.5, 0.6) is 0 Å². The quantitative estimate of drug-likeness (QED) is 0.303. The summed E-state index contributed by atoms with van der Waals surface area (Å²) in [6.45, 7) is 7.26. The number of esters is 1. The number of ether oxygens (including phenoxy) is 2. The van der Waals surface area contributed by atoms with Gasteiger partial charge in [-0.3, -0.25) is 10.2 Å². The lowest BCUT2D eigenvalue weighted by atomic mass is 9.99. The predicted molar refractivity (Wildman–Crippen MR) is 123 cm³/mol. The molecule has 1 aromatic heterocycles. The van der Waals surface area contributed by atoms with Crippen molar-refractivity contribution in [2.24, 2.45) is 16.9 Å². The zero-order chi connectivity index (χ0) is 19.9. The normalized spacial score (nSPS) is 19.2. The maximum absolute atomic E-state index is 12.1. The molecule has 1 fully saturated rings. The second-order valence-corrected chi connectivity index (χ2v) is 8.35. The van der Waals surface area contributed by atoms with Crippen molar-refractivity contribution in [1.29, 1.82) is 0 Å². The molecule has 1 aliphatic rings. The Hall–Kier alpha value is -1.77. The standard InChI is InChI=1S/C21H27N3O3S.BrH/c1-14(2)11-26-12-18-10-17(20(25)27-18)9-15(3)23-24-21-22-19(13-28-21)16-7-5-4-6-8-16;/h4-8,13-14,17-18H,9-12H2,1-3H3,(H,22,24);1H. The van der Waals surface area contributed by atoms with E-state index in [0.717, 1.165) is 22.1 Å². The molecule has 0 radical (unpaired) electrons. The molecule has 158 valence electrons.